The Hall–Kier alpha value is -3.48. The van der Waals surface area contributed by atoms with E-state index in [9.17, 15) is 9.59 Å². The predicted molar refractivity (Wildman–Crippen MR) is 117 cm³/mol. The molecule has 1 aliphatic heterocycles. The Morgan fingerprint density at radius 1 is 1.16 bits per heavy atom. The number of nitrogens with one attached hydrogen (secondary N) is 1. The number of anilines is 1. The number of aryl methyl sites for hydroxylation is 1. The number of carbonyl (C=O) groups excluding carboxylic acids is 2. The predicted octanol–water partition coefficient (Wildman–Crippen LogP) is 3.95. The van der Waals surface area contributed by atoms with Gasteiger partial charge in [-0.15, -0.1) is 0 Å². The highest BCUT2D eigenvalue weighted by molar-refractivity contribution is 5.88. The maximum absolute atomic E-state index is 12.9. The van der Waals surface area contributed by atoms with Gasteiger partial charge in [0.15, 0.2) is 0 Å². The third-order valence-corrected chi connectivity index (χ3v) is 5.63. The van der Waals surface area contributed by atoms with E-state index in [1.54, 1.807) is 12.1 Å². The molecule has 1 unspecified atom stereocenters. The van der Waals surface area contributed by atoms with Crippen molar-refractivity contribution in [3.05, 3.63) is 65.5 Å². The van der Waals surface area contributed by atoms with Gasteiger partial charge in [-0.25, -0.2) is 0 Å². The normalized spacial score (nSPS) is 16.2. The molecular formula is C24H26N4O3. The number of piperidine rings is 1. The summed E-state index contributed by atoms with van der Waals surface area (Å²) in [6, 6.07) is 15.3. The van der Waals surface area contributed by atoms with Crippen LogP contribution in [0.1, 0.15) is 42.7 Å². The lowest BCUT2D eigenvalue weighted by Gasteiger charge is -2.31. The van der Waals surface area contributed by atoms with Gasteiger partial charge in [0.25, 0.3) is 0 Å². The first-order valence-corrected chi connectivity index (χ1v) is 10.5. The molecule has 0 aliphatic carbocycles. The monoisotopic (exact) mass is 418 g/mol. The molecule has 1 N–H and O–H groups in total. The van der Waals surface area contributed by atoms with E-state index in [1.807, 2.05) is 48.2 Å². The van der Waals surface area contributed by atoms with Gasteiger partial charge < -0.3 is 14.7 Å². The van der Waals surface area contributed by atoms with Gasteiger partial charge in [0.05, 0.1) is 12.3 Å². The van der Waals surface area contributed by atoms with Crippen LogP contribution >= 0.6 is 0 Å². The Kier molecular flexibility index (Phi) is 6.11. The Labute approximate surface area is 181 Å². The SMILES string of the molecule is CC(=O)Nc1ccc(-c2noc(C3CCCN(C(=O)Cc4ccccc4C)C3)n2)cc1. The quantitative estimate of drug-likeness (QED) is 0.678. The van der Waals surface area contributed by atoms with E-state index in [-0.39, 0.29) is 17.7 Å². The van der Waals surface area contributed by atoms with E-state index in [0.717, 1.165) is 41.8 Å². The molecule has 7 nitrogen and oxygen atoms in total. The molecule has 1 atom stereocenters. The second kappa shape index (κ2) is 9.12. The molecule has 2 amide bonds. The number of nitrogens with zero attached hydrogens (tertiary/aromatic N) is 3. The minimum Gasteiger partial charge on any atom is -0.342 e. The lowest BCUT2D eigenvalue weighted by molar-refractivity contribution is -0.131. The molecule has 1 fully saturated rings. The largest absolute Gasteiger partial charge is 0.342 e. The minimum atomic E-state index is -0.117. The molecule has 0 spiro atoms. The van der Waals surface area contributed by atoms with Crippen LogP contribution in [0.4, 0.5) is 5.69 Å². The number of amides is 2. The van der Waals surface area contributed by atoms with Gasteiger partial charge in [0.1, 0.15) is 0 Å². The molecular weight excluding hydrogens is 392 g/mol. The van der Waals surface area contributed by atoms with E-state index in [2.05, 4.69) is 15.5 Å². The molecule has 3 aromatic rings. The zero-order chi connectivity index (χ0) is 21.8. The van der Waals surface area contributed by atoms with Gasteiger partial charge in [-0.2, -0.15) is 4.98 Å². The first kappa shape index (κ1) is 20.8. The van der Waals surface area contributed by atoms with E-state index >= 15 is 0 Å². The van der Waals surface area contributed by atoms with Crippen LogP contribution < -0.4 is 5.32 Å². The van der Waals surface area contributed by atoms with Gasteiger partial charge in [0, 0.05) is 31.3 Å². The van der Waals surface area contributed by atoms with Crippen molar-refractivity contribution in [2.45, 2.75) is 39.0 Å². The van der Waals surface area contributed by atoms with Crippen LogP contribution in [0.2, 0.25) is 0 Å². The number of hydrogen-bond acceptors (Lipinski definition) is 5. The van der Waals surface area contributed by atoms with Gasteiger partial charge in [-0.1, -0.05) is 29.4 Å². The Balaban J connectivity index is 1.42. The summed E-state index contributed by atoms with van der Waals surface area (Å²) in [7, 11) is 0. The molecule has 0 radical (unpaired) electrons. The van der Waals surface area contributed by atoms with Crippen LogP contribution in [0.3, 0.4) is 0 Å². The summed E-state index contributed by atoms with van der Waals surface area (Å²) in [5.74, 6) is 1.12. The van der Waals surface area contributed by atoms with Crippen LogP contribution in [0.5, 0.6) is 0 Å². The van der Waals surface area contributed by atoms with Crippen molar-refractivity contribution in [3.8, 4) is 11.4 Å². The molecule has 1 aliphatic rings. The zero-order valence-corrected chi connectivity index (χ0v) is 17.8. The number of hydrogen-bond donors (Lipinski definition) is 1. The summed E-state index contributed by atoms with van der Waals surface area (Å²) >= 11 is 0. The fourth-order valence-corrected chi connectivity index (χ4v) is 3.91. The molecule has 2 aromatic carbocycles. The van der Waals surface area contributed by atoms with E-state index in [4.69, 9.17) is 4.52 Å². The van der Waals surface area contributed by atoms with Crippen molar-refractivity contribution in [1.82, 2.24) is 15.0 Å². The molecule has 31 heavy (non-hydrogen) atoms. The molecule has 0 bridgehead atoms. The van der Waals surface area contributed by atoms with Crippen molar-refractivity contribution in [1.29, 1.82) is 0 Å². The summed E-state index contributed by atoms with van der Waals surface area (Å²) in [5, 5.41) is 6.86. The summed E-state index contributed by atoms with van der Waals surface area (Å²) in [6.45, 7) is 4.85. The van der Waals surface area contributed by atoms with Crippen molar-refractivity contribution >= 4 is 17.5 Å². The van der Waals surface area contributed by atoms with Crippen LogP contribution in [0.15, 0.2) is 53.1 Å². The van der Waals surface area contributed by atoms with Gasteiger partial charge in [-0.3, -0.25) is 9.59 Å². The summed E-state index contributed by atoms with van der Waals surface area (Å²) in [5.41, 5.74) is 3.73. The third-order valence-electron chi connectivity index (χ3n) is 5.63. The smallest absolute Gasteiger partial charge is 0.231 e. The van der Waals surface area contributed by atoms with Crippen molar-refractivity contribution in [2.24, 2.45) is 0 Å². The summed E-state index contributed by atoms with van der Waals surface area (Å²) in [4.78, 5) is 30.5. The van der Waals surface area contributed by atoms with E-state index in [0.29, 0.717) is 24.7 Å². The molecule has 1 aromatic heterocycles. The fraction of sp³-hybridized carbons (Fsp3) is 0.333. The standard InChI is InChI=1S/C24H26N4O3/c1-16-6-3-4-7-19(16)14-22(30)28-13-5-8-20(15-28)24-26-23(27-31-24)18-9-11-21(12-10-18)25-17(2)29/h3-4,6-7,9-12,20H,5,8,13-15H2,1-2H3,(H,25,29). The maximum atomic E-state index is 12.9. The fourth-order valence-electron chi connectivity index (χ4n) is 3.91. The molecule has 160 valence electrons. The summed E-state index contributed by atoms with van der Waals surface area (Å²) in [6.07, 6.45) is 2.24. The van der Waals surface area contributed by atoms with Crippen LogP contribution in [0.25, 0.3) is 11.4 Å². The highest BCUT2D eigenvalue weighted by atomic mass is 16.5. The second-order valence-electron chi connectivity index (χ2n) is 8.00. The van der Waals surface area contributed by atoms with Gasteiger partial charge in [0.2, 0.25) is 23.5 Å². The minimum absolute atomic E-state index is 0.0365. The summed E-state index contributed by atoms with van der Waals surface area (Å²) < 4.78 is 5.55. The number of carbonyl (C=O) groups is 2. The third kappa shape index (κ3) is 4.99. The zero-order valence-electron chi connectivity index (χ0n) is 17.8. The molecule has 7 heteroatoms. The Morgan fingerprint density at radius 3 is 2.68 bits per heavy atom. The molecule has 2 heterocycles. The molecule has 4 rings (SSSR count). The van der Waals surface area contributed by atoms with Crippen LogP contribution in [-0.2, 0) is 16.0 Å². The first-order chi connectivity index (χ1) is 15.0. The van der Waals surface area contributed by atoms with Crippen molar-refractivity contribution < 1.29 is 14.1 Å². The van der Waals surface area contributed by atoms with Crippen molar-refractivity contribution in [2.75, 3.05) is 18.4 Å². The number of benzene rings is 2. The van der Waals surface area contributed by atoms with E-state index < -0.39 is 0 Å². The highest BCUT2D eigenvalue weighted by Crippen LogP contribution is 2.28. The number of aromatic nitrogens is 2. The Bertz CT molecular complexity index is 1070. The molecule has 1 saturated heterocycles. The van der Waals surface area contributed by atoms with Crippen molar-refractivity contribution in [3.63, 3.8) is 0 Å². The highest BCUT2D eigenvalue weighted by Gasteiger charge is 2.28. The van der Waals surface area contributed by atoms with Crippen LogP contribution in [0, 0.1) is 6.92 Å². The number of rotatable bonds is 5. The lowest BCUT2D eigenvalue weighted by atomic mass is 9.97. The average Bonchev–Trinajstić information content (AvgIpc) is 3.26. The maximum Gasteiger partial charge on any atom is 0.231 e. The average molecular weight is 418 g/mol. The van der Waals surface area contributed by atoms with Gasteiger partial charge in [-0.05, 0) is 55.2 Å². The van der Waals surface area contributed by atoms with Gasteiger partial charge >= 0.3 is 0 Å². The van der Waals surface area contributed by atoms with Crippen LogP contribution in [-0.4, -0.2) is 39.9 Å². The topological polar surface area (TPSA) is 88.3 Å². The van der Waals surface area contributed by atoms with E-state index in [1.165, 1.54) is 6.92 Å². The number of likely N-dealkylation sites (tertiary alicyclic amines) is 1. The Morgan fingerprint density at radius 2 is 1.94 bits per heavy atom. The molecule has 0 saturated carbocycles. The second-order valence-corrected chi connectivity index (χ2v) is 8.00. The lowest BCUT2D eigenvalue weighted by Crippen LogP contribution is -2.40. The first-order valence-electron chi connectivity index (χ1n) is 10.5.